The molecule has 0 saturated carbocycles. The number of carbonyl (C=O) groups excluding carboxylic acids is 1. The van der Waals surface area contributed by atoms with Crippen molar-refractivity contribution in [3.05, 3.63) is 53.7 Å². The van der Waals surface area contributed by atoms with Gasteiger partial charge < -0.3 is 19.7 Å². The zero-order valence-electron chi connectivity index (χ0n) is 18.5. The second-order valence-corrected chi connectivity index (χ2v) is 8.30. The first-order valence-electron chi connectivity index (χ1n) is 10.7. The molecule has 31 heavy (non-hydrogen) atoms. The molecule has 0 spiro atoms. The number of nitrogens with zero attached hydrogens (tertiary/aromatic N) is 3. The predicted molar refractivity (Wildman–Crippen MR) is 119 cm³/mol. The van der Waals surface area contributed by atoms with E-state index in [0.29, 0.717) is 17.9 Å². The highest BCUT2D eigenvalue weighted by Gasteiger charge is 2.25. The molecule has 3 unspecified atom stereocenters. The second-order valence-electron chi connectivity index (χ2n) is 8.30. The van der Waals surface area contributed by atoms with Gasteiger partial charge in [-0.15, -0.1) is 0 Å². The van der Waals surface area contributed by atoms with Crippen LogP contribution in [-0.4, -0.2) is 42.3 Å². The van der Waals surface area contributed by atoms with Gasteiger partial charge in [0.15, 0.2) is 6.10 Å². The summed E-state index contributed by atoms with van der Waals surface area (Å²) in [5, 5.41) is 12.2. The third-order valence-electron chi connectivity index (χ3n) is 5.14. The fourth-order valence-electron chi connectivity index (χ4n) is 3.65. The third kappa shape index (κ3) is 5.96. The molecule has 1 N–H and O–H groups in total. The van der Waals surface area contributed by atoms with Crippen molar-refractivity contribution >= 4 is 11.7 Å². The fourth-order valence-corrected chi connectivity index (χ4v) is 3.65. The average Bonchev–Trinajstić information content (AvgIpc) is 2.75. The van der Waals surface area contributed by atoms with Crippen molar-refractivity contribution in [2.24, 2.45) is 5.92 Å². The Balaban J connectivity index is 1.60. The van der Waals surface area contributed by atoms with Crippen molar-refractivity contribution in [2.45, 2.75) is 52.6 Å². The number of nitriles is 1. The lowest BCUT2D eigenvalue weighted by atomic mass is 10.1. The van der Waals surface area contributed by atoms with Gasteiger partial charge in [-0.05, 0) is 43.5 Å². The largest absolute Gasteiger partial charge is 0.479 e. The smallest absolute Gasteiger partial charge is 0.261 e. The number of rotatable bonds is 7. The average molecular weight is 423 g/mol. The molecule has 2 heterocycles. The van der Waals surface area contributed by atoms with E-state index < -0.39 is 6.10 Å². The summed E-state index contributed by atoms with van der Waals surface area (Å²) in [5.74, 6) is 1.05. The molecule has 1 aromatic carbocycles. The van der Waals surface area contributed by atoms with Gasteiger partial charge in [0.1, 0.15) is 17.6 Å². The summed E-state index contributed by atoms with van der Waals surface area (Å²) in [7, 11) is 0. The second kappa shape index (κ2) is 10.3. The number of amides is 1. The molecular formula is C24H30N4O3. The summed E-state index contributed by atoms with van der Waals surface area (Å²) in [6, 6.07) is 13.0. The summed E-state index contributed by atoms with van der Waals surface area (Å²) < 4.78 is 11.7. The number of benzene rings is 1. The molecule has 3 atom stereocenters. The monoisotopic (exact) mass is 422 g/mol. The van der Waals surface area contributed by atoms with Gasteiger partial charge in [-0.1, -0.05) is 32.0 Å². The molecule has 1 saturated heterocycles. The Bertz CT molecular complexity index is 913. The van der Waals surface area contributed by atoms with E-state index in [2.05, 4.69) is 35.1 Å². The van der Waals surface area contributed by atoms with Crippen LogP contribution in [0.3, 0.4) is 0 Å². The van der Waals surface area contributed by atoms with Gasteiger partial charge in [0.25, 0.3) is 5.91 Å². The number of aromatic nitrogens is 1. The van der Waals surface area contributed by atoms with Crippen LogP contribution >= 0.6 is 0 Å². The molecule has 0 bridgehead atoms. The van der Waals surface area contributed by atoms with Crippen LogP contribution in [0.25, 0.3) is 0 Å². The molecular weight excluding hydrogens is 392 g/mol. The van der Waals surface area contributed by atoms with E-state index in [1.54, 1.807) is 30.5 Å². The maximum absolute atomic E-state index is 12.8. The van der Waals surface area contributed by atoms with Crippen molar-refractivity contribution in [1.82, 2.24) is 10.3 Å². The van der Waals surface area contributed by atoms with E-state index in [9.17, 15) is 10.1 Å². The topological polar surface area (TPSA) is 87.5 Å². The molecule has 7 nitrogen and oxygen atoms in total. The van der Waals surface area contributed by atoms with Crippen molar-refractivity contribution in [2.75, 3.05) is 18.0 Å². The standard InChI is InChI=1S/C24H30N4O3/c1-16(2)23(31-21-8-6-5-7-20(21)11-25)24(29)27-13-19-9-10-22(26-12-19)28-14-17(3)30-18(4)15-28/h5-10,12,16-18,23H,13-15H2,1-4H3,(H,27,29). The van der Waals surface area contributed by atoms with Crippen molar-refractivity contribution in [3.8, 4) is 11.8 Å². The van der Waals surface area contributed by atoms with Crippen LogP contribution in [0.15, 0.2) is 42.6 Å². The van der Waals surface area contributed by atoms with Crippen LogP contribution in [-0.2, 0) is 16.1 Å². The SMILES string of the molecule is CC1CN(c2ccc(CNC(=O)C(Oc3ccccc3C#N)C(C)C)cn2)CC(C)O1. The van der Waals surface area contributed by atoms with Crippen LogP contribution < -0.4 is 15.0 Å². The van der Waals surface area contributed by atoms with E-state index in [1.165, 1.54) is 0 Å². The number of ether oxygens (including phenoxy) is 2. The molecule has 7 heteroatoms. The van der Waals surface area contributed by atoms with Crippen molar-refractivity contribution < 1.29 is 14.3 Å². The minimum atomic E-state index is -0.696. The molecule has 1 aliphatic heterocycles. The minimum Gasteiger partial charge on any atom is -0.479 e. The van der Waals surface area contributed by atoms with Crippen molar-refractivity contribution in [3.63, 3.8) is 0 Å². The van der Waals surface area contributed by atoms with E-state index >= 15 is 0 Å². The van der Waals surface area contributed by atoms with E-state index in [4.69, 9.17) is 9.47 Å². The van der Waals surface area contributed by atoms with Crippen LogP contribution in [0, 0.1) is 17.2 Å². The molecule has 164 valence electrons. The Morgan fingerprint density at radius 3 is 2.58 bits per heavy atom. The summed E-state index contributed by atoms with van der Waals surface area (Å²) in [4.78, 5) is 19.6. The molecule has 1 fully saturated rings. The lowest BCUT2D eigenvalue weighted by Gasteiger charge is -2.36. The Hall–Kier alpha value is -3.11. The number of hydrogen-bond donors (Lipinski definition) is 1. The maximum Gasteiger partial charge on any atom is 0.261 e. The molecule has 1 aromatic heterocycles. The summed E-state index contributed by atoms with van der Waals surface area (Å²) in [5.41, 5.74) is 1.32. The van der Waals surface area contributed by atoms with Crippen LogP contribution in [0.2, 0.25) is 0 Å². The van der Waals surface area contributed by atoms with E-state index in [1.807, 2.05) is 26.0 Å². The zero-order valence-corrected chi connectivity index (χ0v) is 18.5. The molecule has 0 radical (unpaired) electrons. The zero-order chi connectivity index (χ0) is 22.4. The van der Waals surface area contributed by atoms with Crippen LogP contribution in [0.4, 0.5) is 5.82 Å². The minimum absolute atomic E-state index is 0.0578. The Labute approximate surface area is 184 Å². The predicted octanol–water partition coefficient (Wildman–Crippen LogP) is 3.29. The summed E-state index contributed by atoms with van der Waals surface area (Å²) in [6.07, 6.45) is 1.43. The number of anilines is 1. The molecule has 1 aliphatic rings. The quantitative estimate of drug-likeness (QED) is 0.737. The van der Waals surface area contributed by atoms with Crippen molar-refractivity contribution in [1.29, 1.82) is 5.26 Å². The van der Waals surface area contributed by atoms with Gasteiger partial charge in [0, 0.05) is 25.8 Å². The highest BCUT2D eigenvalue weighted by Crippen LogP contribution is 2.21. The lowest BCUT2D eigenvalue weighted by molar-refractivity contribution is -0.130. The first kappa shape index (κ1) is 22.6. The Kier molecular flexibility index (Phi) is 7.48. The molecule has 3 rings (SSSR count). The number of pyridine rings is 1. The summed E-state index contributed by atoms with van der Waals surface area (Å²) in [6.45, 7) is 9.94. The van der Waals surface area contributed by atoms with Crippen LogP contribution in [0.1, 0.15) is 38.8 Å². The molecule has 0 aliphatic carbocycles. The maximum atomic E-state index is 12.8. The number of para-hydroxylation sites is 1. The number of morpholine rings is 1. The van der Waals surface area contributed by atoms with Gasteiger partial charge >= 0.3 is 0 Å². The fraction of sp³-hybridized carbons (Fsp3) is 0.458. The molecule has 2 aromatic rings. The normalized spacial score (nSPS) is 19.5. The van der Waals surface area contributed by atoms with Gasteiger partial charge in [-0.2, -0.15) is 5.26 Å². The van der Waals surface area contributed by atoms with Crippen LogP contribution in [0.5, 0.6) is 5.75 Å². The summed E-state index contributed by atoms with van der Waals surface area (Å²) >= 11 is 0. The number of carbonyl (C=O) groups is 1. The Morgan fingerprint density at radius 1 is 1.26 bits per heavy atom. The van der Waals surface area contributed by atoms with Gasteiger partial charge in [0.2, 0.25) is 0 Å². The Morgan fingerprint density at radius 2 is 1.97 bits per heavy atom. The highest BCUT2D eigenvalue weighted by molar-refractivity contribution is 5.81. The first-order chi connectivity index (χ1) is 14.9. The highest BCUT2D eigenvalue weighted by atomic mass is 16.5. The van der Waals surface area contributed by atoms with E-state index in [-0.39, 0.29) is 24.0 Å². The molecule has 1 amide bonds. The first-order valence-corrected chi connectivity index (χ1v) is 10.7. The number of nitrogens with one attached hydrogen (secondary N) is 1. The third-order valence-corrected chi connectivity index (χ3v) is 5.14. The van der Waals surface area contributed by atoms with Gasteiger partial charge in [-0.25, -0.2) is 4.98 Å². The van der Waals surface area contributed by atoms with Gasteiger partial charge in [-0.3, -0.25) is 4.79 Å². The number of hydrogen-bond acceptors (Lipinski definition) is 6. The lowest BCUT2D eigenvalue weighted by Crippen LogP contribution is -2.45. The van der Waals surface area contributed by atoms with Gasteiger partial charge in [0.05, 0.1) is 17.8 Å². The van der Waals surface area contributed by atoms with E-state index in [0.717, 1.165) is 24.5 Å².